The van der Waals surface area contributed by atoms with Gasteiger partial charge in [-0.1, -0.05) is 12.1 Å². The molecule has 4 nitrogen and oxygen atoms in total. The van der Waals surface area contributed by atoms with Gasteiger partial charge in [-0.2, -0.15) is 0 Å². The molecular formula is C18H19BrFNO3. The monoisotopic (exact) mass is 395 g/mol. The van der Waals surface area contributed by atoms with Gasteiger partial charge in [0.05, 0.1) is 18.1 Å². The van der Waals surface area contributed by atoms with E-state index >= 15 is 0 Å². The second kappa shape index (κ2) is 9.27. The number of hydrogen-bond acceptors (Lipinski definition) is 3. The Bertz CT molecular complexity index is 694. The van der Waals surface area contributed by atoms with Crippen molar-refractivity contribution in [2.24, 2.45) is 0 Å². The summed E-state index contributed by atoms with van der Waals surface area (Å²) in [5.74, 6) is 0.817. The average molecular weight is 396 g/mol. The Morgan fingerprint density at radius 3 is 2.79 bits per heavy atom. The number of halogens is 2. The van der Waals surface area contributed by atoms with E-state index in [-0.39, 0.29) is 11.7 Å². The SMILES string of the molecule is COc1ccc(CCC(=O)NCCOc2cccc(F)c2)cc1Br. The maximum Gasteiger partial charge on any atom is 0.220 e. The van der Waals surface area contributed by atoms with Crippen LogP contribution < -0.4 is 14.8 Å². The minimum atomic E-state index is -0.345. The summed E-state index contributed by atoms with van der Waals surface area (Å²) in [5, 5.41) is 2.78. The molecule has 0 heterocycles. The van der Waals surface area contributed by atoms with E-state index in [9.17, 15) is 9.18 Å². The van der Waals surface area contributed by atoms with E-state index in [0.717, 1.165) is 15.8 Å². The van der Waals surface area contributed by atoms with Gasteiger partial charge in [-0.3, -0.25) is 4.79 Å². The van der Waals surface area contributed by atoms with E-state index in [1.807, 2.05) is 18.2 Å². The van der Waals surface area contributed by atoms with E-state index in [0.29, 0.717) is 31.7 Å². The van der Waals surface area contributed by atoms with E-state index < -0.39 is 0 Å². The topological polar surface area (TPSA) is 47.6 Å². The maximum absolute atomic E-state index is 13.0. The Labute approximate surface area is 149 Å². The summed E-state index contributed by atoms with van der Waals surface area (Å²) in [6, 6.07) is 11.7. The molecule has 6 heteroatoms. The van der Waals surface area contributed by atoms with Gasteiger partial charge in [0.2, 0.25) is 5.91 Å². The summed E-state index contributed by atoms with van der Waals surface area (Å²) in [7, 11) is 1.61. The van der Waals surface area contributed by atoms with Crippen LogP contribution in [0.4, 0.5) is 4.39 Å². The van der Waals surface area contributed by atoms with Crippen LogP contribution in [0.5, 0.6) is 11.5 Å². The first-order valence-electron chi connectivity index (χ1n) is 7.56. The summed E-state index contributed by atoms with van der Waals surface area (Å²) in [5.41, 5.74) is 1.05. The molecule has 2 aromatic rings. The molecule has 0 radical (unpaired) electrons. The third kappa shape index (κ3) is 5.85. The number of hydrogen-bond donors (Lipinski definition) is 1. The summed E-state index contributed by atoms with van der Waals surface area (Å²) < 4.78 is 24.4. The zero-order valence-corrected chi connectivity index (χ0v) is 14.9. The van der Waals surface area contributed by atoms with Crippen LogP contribution in [0.25, 0.3) is 0 Å². The molecule has 1 amide bonds. The van der Waals surface area contributed by atoms with Crippen molar-refractivity contribution in [3.63, 3.8) is 0 Å². The number of carbonyl (C=O) groups excluding carboxylic acids is 1. The Morgan fingerprint density at radius 1 is 1.25 bits per heavy atom. The van der Waals surface area contributed by atoms with Crippen molar-refractivity contribution in [2.75, 3.05) is 20.3 Å². The molecule has 24 heavy (non-hydrogen) atoms. The first-order chi connectivity index (χ1) is 11.6. The molecular weight excluding hydrogens is 377 g/mol. The molecule has 0 aliphatic heterocycles. The smallest absolute Gasteiger partial charge is 0.220 e. The lowest BCUT2D eigenvalue weighted by Gasteiger charge is -2.09. The van der Waals surface area contributed by atoms with Crippen molar-refractivity contribution in [3.05, 3.63) is 58.3 Å². The quantitative estimate of drug-likeness (QED) is 0.692. The summed E-state index contributed by atoms with van der Waals surface area (Å²) >= 11 is 3.42. The van der Waals surface area contributed by atoms with Crippen molar-refractivity contribution in [1.82, 2.24) is 5.32 Å². The normalized spacial score (nSPS) is 10.3. The molecule has 0 saturated carbocycles. The van der Waals surface area contributed by atoms with Crippen LogP contribution in [0, 0.1) is 5.82 Å². The van der Waals surface area contributed by atoms with Gasteiger partial charge < -0.3 is 14.8 Å². The summed E-state index contributed by atoms with van der Waals surface area (Å²) in [6.45, 7) is 0.672. The second-order valence-electron chi connectivity index (χ2n) is 5.12. The molecule has 2 aromatic carbocycles. The lowest BCUT2D eigenvalue weighted by Crippen LogP contribution is -2.28. The standard InChI is InChI=1S/C18H19BrFNO3/c1-23-17-7-5-13(11-16(17)19)6-8-18(22)21-9-10-24-15-4-2-3-14(20)12-15/h2-5,7,11-12H,6,8-10H2,1H3,(H,21,22). The van der Waals surface area contributed by atoms with Gasteiger partial charge in [0.25, 0.3) is 0 Å². The fourth-order valence-corrected chi connectivity index (χ4v) is 2.72. The number of amides is 1. The lowest BCUT2D eigenvalue weighted by atomic mass is 10.1. The van der Waals surface area contributed by atoms with Gasteiger partial charge >= 0.3 is 0 Å². The number of rotatable bonds is 8. The van der Waals surface area contributed by atoms with Gasteiger partial charge in [-0.25, -0.2) is 4.39 Å². The van der Waals surface area contributed by atoms with E-state index in [1.54, 1.807) is 19.2 Å². The third-order valence-electron chi connectivity index (χ3n) is 3.35. The molecule has 0 unspecified atom stereocenters. The van der Waals surface area contributed by atoms with E-state index in [2.05, 4.69) is 21.2 Å². The lowest BCUT2D eigenvalue weighted by molar-refractivity contribution is -0.121. The number of carbonyl (C=O) groups is 1. The van der Waals surface area contributed by atoms with Gasteiger partial charge in [-0.05, 0) is 52.2 Å². The molecule has 1 N–H and O–H groups in total. The highest BCUT2D eigenvalue weighted by Gasteiger charge is 2.05. The highest BCUT2D eigenvalue weighted by atomic mass is 79.9. The predicted molar refractivity (Wildman–Crippen MR) is 93.9 cm³/mol. The minimum Gasteiger partial charge on any atom is -0.496 e. The molecule has 0 aliphatic rings. The Morgan fingerprint density at radius 2 is 2.08 bits per heavy atom. The van der Waals surface area contributed by atoms with Crippen molar-refractivity contribution >= 4 is 21.8 Å². The van der Waals surface area contributed by atoms with E-state index in [4.69, 9.17) is 9.47 Å². The van der Waals surface area contributed by atoms with Gasteiger partial charge in [0.15, 0.2) is 0 Å². The van der Waals surface area contributed by atoms with Crippen molar-refractivity contribution < 1.29 is 18.7 Å². The molecule has 0 aromatic heterocycles. The van der Waals surface area contributed by atoms with Crippen molar-refractivity contribution in [3.8, 4) is 11.5 Å². The first kappa shape index (κ1) is 18.3. The van der Waals surface area contributed by atoms with Crippen molar-refractivity contribution in [1.29, 1.82) is 0 Å². The highest BCUT2D eigenvalue weighted by Crippen LogP contribution is 2.25. The number of aryl methyl sites for hydroxylation is 1. The second-order valence-corrected chi connectivity index (χ2v) is 5.98. The van der Waals surface area contributed by atoms with Gasteiger partial charge in [0.1, 0.15) is 23.9 Å². The predicted octanol–water partition coefficient (Wildman–Crippen LogP) is 3.72. The molecule has 0 spiro atoms. The Hall–Kier alpha value is -2.08. The van der Waals surface area contributed by atoms with Crippen LogP contribution >= 0.6 is 15.9 Å². The Kier molecular flexibility index (Phi) is 7.06. The number of nitrogens with one attached hydrogen (secondary N) is 1. The molecule has 0 saturated heterocycles. The fraction of sp³-hybridized carbons (Fsp3) is 0.278. The molecule has 128 valence electrons. The molecule has 2 rings (SSSR count). The largest absolute Gasteiger partial charge is 0.496 e. The van der Waals surface area contributed by atoms with Crippen LogP contribution in [-0.2, 0) is 11.2 Å². The average Bonchev–Trinajstić information content (AvgIpc) is 2.57. The van der Waals surface area contributed by atoms with Crippen LogP contribution in [0.2, 0.25) is 0 Å². The van der Waals surface area contributed by atoms with Gasteiger partial charge in [-0.15, -0.1) is 0 Å². The Balaban J connectivity index is 1.67. The molecule has 0 aliphatic carbocycles. The fourth-order valence-electron chi connectivity index (χ4n) is 2.13. The molecule has 0 bridgehead atoms. The minimum absolute atomic E-state index is 0.0511. The number of methoxy groups -OCH3 is 1. The van der Waals surface area contributed by atoms with Crippen LogP contribution in [0.1, 0.15) is 12.0 Å². The highest BCUT2D eigenvalue weighted by molar-refractivity contribution is 9.10. The van der Waals surface area contributed by atoms with E-state index in [1.165, 1.54) is 12.1 Å². The summed E-state index contributed by atoms with van der Waals surface area (Å²) in [6.07, 6.45) is 1.03. The third-order valence-corrected chi connectivity index (χ3v) is 3.97. The maximum atomic E-state index is 13.0. The molecule has 0 atom stereocenters. The van der Waals surface area contributed by atoms with Crippen molar-refractivity contribution in [2.45, 2.75) is 12.8 Å². The summed E-state index contributed by atoms with van der Waals surface area (Å²) in [4.78, 5) is 11.8. The van der Waals surface area contributed by atoms with Crippen LogP contribution in [0.3, 0.4) is 0 Å². The van der Waals surface area contributed by atoms with Crippen LogP contribution in [0.15, 0.2) is 46.9 Å². The van der Waals surface area contributed by atoms with Crippen LogP contribution in [-0.4, -0.2) is 26.2 Å². The zero-order valence-electron chi connectivity index (χ0n) is 13.4. The van der Waals surface area contributed by atoms with Gasteiger partial charge in [0, 0.05) is 12.5 Å². The molecule has 0 fully saturated rings. The number of benzene rings is 2. The zero-order chi connectivity index (χ0) is 17.4. The number of ether oxygens (including phenoxy) is 2. The first-order valence-corrected chi connectivity index (χ1v) is 8.35.